The van der Waals surface area contributed by atoms with Crippen LogP contribution in [0.25, 0.3) is 5.76 Å². The van der Waals surface area contributed by atoms with Crippen LogP contribution in [0.2, 0.25) is 5.02 Å². The lowest BCUT2D eigenvalue weighted by Crippen LogP contribution is -2.08. The first-order valence-electron chi connectivity index (χ1n) is 7.07. The highest BCUT2D eigenvalue weighted by molar-refractivity contribution is 6.44. The third-order valence-electron chi connectivity index (χ3n) is 3.67. The average Bonchev–Trinajstić information content (AvgIpc) is 2.90. The lowest BCUT2D eigenvalue weighted by Gasteiger charge is -2.12. The number of cyclic esters (lactones) is 1. The van der Waals surface area contributed by atoms with Crippen LogP contribution in [0.4, 0.5) is 5.69 Å². The number of hydrogen-bond donors (Lipinski definition) is 1. The van der Waals surface area contributed by atoms with Gasteiger partial charge in [-0.2, -0.15) is 0 Å². The van der Waals surface area contributed by atoms with Gasteiger partial charge in [0, 0.05) is 28.3 Å². The summed E-state index contributed by atoms with van der Waals surface area (Å²) in [7, 11) is 0. The summed E-state index contributed by atoms with van der Waals surface area (Å²) in [4.78, 5) is 34.2. The minimum atomic E-state index is -1.23. The van der Waals surface area contributed by atoms with Gasteiger partial charge < -0.3 is 9.84 Å². The van der Waals surface area contributed by atoms with Crippen LogP contribution in [0.5, 0.6) is 0 Å². The molecule has 0 aromatic heterocycles. The van der Waals surface area contributed by atoms with Crippen LogP contribution in [0.3, 0.4) is 0 Å². The molecular formula is C17H10ClNO6. The minimum absolute atomic E-state index is 0.212. The molecule has 0 amide bonds. The second kappa shape index (κ2) is 6.37. The Balaban J connectivity index is 2.12. The fraction of sp³-hybridized carbons (Fsp3) is 0.0588. The summed E-state index contributed by atoms with van der Waals surface area (Å²) in [6, 6.07) is 11.3. The van der Waals surface area contributed by atoms with Crippen LogP contribution in [-0.4, -0.2) is 21.8 Å². The van der Waals surface area contributed by atoms with E-state index in [0.29, 0.717) is 5.02 Å². The van der Waals surface area contributed by atoms with Crippen molar-refractivity contribution in [1.82, 2.24) is 0 Å². The summed E-state index contributed by atoms with van der Waals surface area (Å²) in [6.45, 7) is 0. The van der Waals surface area contributed by atoms with Crippen molar-refractivity contribution in [3.05, 3.63) is 80.4 Å². The topological polar surface area (TPSA) is 107 Å². The monoisotopic (exact) mass is 359 g/mol. The Morgan fingerprint density at radius 3 is 2.48 bits per heavy atom. The molecule has 1 aliphatic heterocycles. The largest absolute Gasteiger partial charge is 0.507 e. The number of ketones is 1. The van der Waals surface area contributed by atoms with E-state index in [1.807, 2.05) is 0 Å². The second-order valence-corrected chi connectivity index (χ2v) is 5.67. The van der Waals surface area contributed by atoms with E-state index in [1.165, 1.54) is 48.5 Å². The molecular weight excluding hydrogens is 350 g/mol. The first-order valence-corrected chi connectivity index (χ1v) is 7.45. The predicted octanol–water partition coefficient (Wildman–Crippen LogP) is 3.38. The molecule has 0 radical (unpaired) electrons. The van der Waals surface area contributed by atoms with E-state index in [9.17, 15) is 24.8 Å². The molecule has 0 saturated carbocycles. The number of nitro benzene ring substituents is 1. The van der Waals surface area contributed by atoms with Crippen molar-refractivity contribution in [1.29, 1.82) is 0 Å². The molecule has 1 saturated heterocycles. The summed E-state index contributed by atoms with van der Waals surface area (Å²) in [5.74, 6) is -2.57. The summed E-state index contributed by atoms with van der Waals surface area (Å²) in [5, 5.41) is 21.8. The molecule has 0 spiro atoms. The fourth-order valence-corrected chi connectivity index (χ4v) is 2.61. The number of benzene rings is 2. The van der Waals surface area contributed by atoms with Gasteiger partial charge >= 0.3 is 5.97 Å². The van der Waals surface area contributed by atoms with Gasteiger partial charge in [0.15, 0.2) is 6.10 Å². The number of Topliss-reactive ketones (excluding diaryl/α,β-unsaturated/α-hetero) is 1. The number of nitro groups is 1. The van der Waals surface area contributed by atoms with E-state index in [2.05, 4.69) is 0 Å². The maximum Gasteiger partial charge on any atom is 0.380 e. The van der Waals surface area contributed by atoms with Gasteiger partial charge in [0.1, 0.15) is 5.76 Å². The lowest BCUT2D eigenvalue weighted by molar-refractivity contribution is -0.385. The zero-order valence-electron chi connectivity index (χ0n) is 12.5. The van der Waals surface area contributed by atoms with Crippen molar-refractivity contribution in [3.8, 4) is 0 Å². The van der Waals surface area contributed by atoms with Gasteiger partial charge in [-0.05, 0) is 24.3 Å². The number of carbonyl (C=O) groups excluding carboxylic acids is 2. The smallest absolute Gasteiger partial charge is 0.380 e. The summed E-state index contributed by atoms with van der Waals surface area (Å²) in [6.07, 6.45) is -1.23. The quantitative estimate of drug-likeness (QED) is 0.225. The van der Waals surface area contributed by atoms with Crippen molar-refractivity contribution in [2.75, 3.05) is 0 Å². The lowest BCUT2D eigenvalue weighted by atomic mass is 9.96. The van der Waals surface area contributed by atoms with Gasteiger partial charge in [0.05, 0.1) is 10.5 Å². The number of carbonyl (C=O) groups is 2. The van der Waals surface area contributed by atoms with Gasteiger partial charge in [-0.25, -0.2) is 4.79 Å². The Morgan fingerprint density at radius 2 is 1.84 bits per heavy atom. The molecule has 0 aliphatic carbocycles. The Morgan fingerprint density at radius 1 is 1.16 bits per heavy atom. The van der Waals surface area contributed by atoms with Crippen LogP contribution in [0.15, 0.2) is 54.1 Å². The van der Waals surface area contributed by atoms with Gasteiger partial charge in [0.2, 0.25) is 0 Å². The van der Waals surface area contributed by atoms with Gasteiger partial charge in [-0.1, -0.05) is 23.7 Å². The van der Waals surface area contributed by atoms with Crippen molar-refractivity contribution in [3.63, 3.8) is 0 Å². The Bertz CT molecular complexity index is 919. The zero-order valence-corrected chi connectivity index (χ0v) is 13.3. The van der Waals surface area contributed by atoms with E-state index < -0.39 is 28.5 Å². The molecule has 1 N–H and O–H groups in total. The normalized spacial score (nSPS) is 18.8. The van der Waals surface area contributed by atoms with Gasteiger partial charge in [-0.15, -0.1) is 0 Å². The molecule has 25 heavy (non-hydrogen) atoms. The van der Waals surface area contributed by atoms with Crippen molar-refractivity contribution in [2.24, 2.45) is 0 Å². The summed E-state index contributed by atoms with van der Waals surface area (Å²) < 4.78 is 5.02. The first-order chi connectivity index (χ1) is 11.9. The maximum atomic E-state index is 12.1. The number of halogens is 1. The van der Waals surface area contributed by atoms with Crippen molar-refractivity contribution >= 4 is 34.8 Å². The van der Waals surface area contributed by atoms with E-state index >= 15 is 0 Å². The molecule has 2 aromatic carbocycles. The molecule has 1 unspecified atom stereocenters. The number of rotatable bonds is 3. The second-order valence-electron chi connectivity index (χ2n) is 5.24. The minimum Gasteiger partial charge on any atom is -0.507 e. The number of nitrogens with zero attached hydrogens (tertiary/aromatic N) is 1. The van der Waals surface area contributed by atoms with Crippen molar-refractivity contribution in [2.45, 2.75) is 6.10 Å². The van der Waals surface area contributed by atoms with E-state index in [-0.39, 0.29) is 22.4 Å². The summed E-state index contributed by atoms with van der Waals surface area (Å²) >= 11 is 5.79. The standard InChI is InChI=1S/C17H10ClNO6/c18-11-6-4-9(5-7-11)14(20)13-15(21)17(22)25-16(13)10-2-1-3-12(8-10)19(23)24/h1-8,16,20H/b14-13-. The van der Waals surface area contributed by atoms with Crippen molar-refractivity contribution < 1.29 is 24.4 Å². The highest BCUT2D eigenvalue weighted by Crippen LogP contribution is 2.37. The van der Waals surface area contributed by atoms with Crippen LogP contribution in [0, 0.1) is 10.1 Å². The maximum absolute atomic E-state index is 12.1. The molecule has 2 aromatic rings. The van der Waals surface area contributed by atoms with Gasteiger partial charge in [0.25, 0.3) is 11.5 Å². The Labute approximate surface area is 146 Å². The molecule has 126 valence electrons. The molecule has 1 fully saturated rings. The SMILES string of the molecule is O=C1OC(c2cccc([N+](=O)[O-])c2)/C(=C(\O)c2ccc(Cl)cc2)C1=O. The number of aliphatic hydroxyl groups is 1. The van der Waals surface area contributed by atoms with Crippen LogP contribution in [0.1, 0.15) is 17.2 Å². The third kappa shape index (κ3) is 3.09. The predicted molar refractivity (Wildman–Crippen MR) is 87.9 cm³/mol. The van der Waals surface area contributed by atoms with Crippen LogP contribution >= 0.6 is 11.6 Å². The van der Waals surface area contributed by atoms with E-state index in [0.717, 1.165) is 0 Å². The highest BCUT2D eigenvalue weighted by Gasteiger charge is 2.42. The molecule has 3 rings (SSSR count). The molecule has 8 heteroatoms. The Hall–Kier alpha value is -3.19. The average molecular weight is 360 g/mol. The molecule has 7 nitrogen and oxygen atoms in total. The number of aliphatic hydroxyl groups excluding tert-OH is 1. The summed E-state index contributed by atoms with van der Waals surface area (Å²) in [5.41, 5.74) is -0.0172. The fourth-order valence-electron chi connectivity index (χ4n) is 2.48. The van der Waals surface area contributed by atoms with E-state index in [1.54, 1.807) is 0 Å². The molecule has 0 bridgehead atoms. The number of ether oxygens (including phenoxy) is 1. The Kier molecular flexibility index (Phi) is 4.24. The van der Waals surface area contributed by atoms with Crippen LogP contribution in [-0.2, 0) is 14.3 Å². The number of esters is 1. The van der Waals surface area contributed by atoms with Crippen LogP contribution < -0.4 is 0 Å². The number of non-ortho nitro benzene ring substituents is 1. The molecule has 1 heterocycles. The third-order valence-corrected chi connectivity index (χ3v) is 3.93. The molecule has 1 atom stereocenters. The first kappa shape index (κ1) is 16.7. The van der Waals surface area contributed by atoms with E-state index in [4.69, 9.17) is 16.3 Å². The molecule has 1 aliphatic rings. The highest BCUT2D eigenvalue weighted by atomic mass is 35.5. The number of hydrogen-bond acceptors (Lipinski definition) is 6. The van der Waals surface area contributed by atoms with Gasteiger partial charge in [-0.3, -0.25) is 14.9 Å². The zero-order chi connectivity index (χ0) is 18.1.